The second kappa shape index (κ2) is 6.67. The van der Waals surface area contributed by atoms with Crippen molar-refractivity contribution < 1.29 is 19.1 Å². The van der Waals surface area contributed by atoms with Crippen LogP contribution in [0.15, 0.2) is 35.7 Å². The summed E-state index contributed by atoms with van der Waals surface area (Å²) in [5.41, 5.74) is 0.539. The van der Waals surface area contributed by atoms with E-state index in [1.165, 1.54) is 18.4 Å². The summed E-state index contributed by atoms with van der Waals surface area (Å²) in [6, 6.07) is 8.69. The predicted molar refractivity (Wildman–Crippen MR) is 73.9 cm³/mol. The minimum absolute atomic E-state index is 0.0718. The van der Waals surface area contributed by atoms with Crippen LogP contribution in [0.2, 0.25) is 0 Å². The van der Waals surface area contributed by atoms with Crippen molar-refractivity contribution in [3.05, 3.63) is 41.4 Å². The normalized spacial score (nSPS) is 9.85. The van der Waals surface area contributed by atoms with Crippen LogP contribution in [-0.2, 0) is 16.0 Å². The number of amides is 1. The van der Waals surface area contributed by atoms with E-state index in [9.17, 15) is 9.59 Å². The molecule has 7 heteroatoms. The Balaban J connectivity index is 1.90. The number of benzene rings is 1. The van der Waals surface area contributed by atoms with Gasteiger partial charge in [-0.3, -0.25) is 10.1 Å². The minimum Gasteiger partial charge on any atom is -0.469 e. The molecular formula is C13H12N2O4S. The number of aromatic nitrogens is 1. The maximum absolute atomic E-state index is 11.6. The largest absolute Gasteiger partial charge is 0.469 e. The number of carbonyl (C=O) groups is 2. The molecule has 0 bridgehead atoms. The second-order valence-corrected chi connectivity index (χ2v) is 4.58. The van der Waals surface area contributed by atoms with Crippen LogP contribution in [0.3, 0.4) is 0 Å². The van der Waals surface area contributed by atoms with E-state index in [1.807, 2.05) is 6.07 Å². The second-order valence-electron chi connectivity index (χ2n) is 3.72. The quantitative estimate of drug-likeness (QED) is 0.876. The number of anilines is 1. The fraction of sp³-hybridized carbons (Fsp3) is 0.154. The standard InChI is InChI=1S/C13H12N2O4S/c1-18-11(16)7-9-8-20-12(14-9)15-13(17)19-10-5-3-2-4-6-10/h2-6,8H,7H2,1H3,(H,14,15,17). The maximum atomic E-state index is 11.6. The average Bonchev–Trinajstić information content (AvgIpc) is 2.86. The third-order valence-electron chi connectivity index (χ3n) is 2.27. The Bertz CT molecular complexity index is 597. The number of ether oxygens (including phenoxy) is 2. The number of carbonyl (C=O) groups excluding carboxylic acids is 2. The molecule has 2 rings (SSSR count). The van der Waals surface area contributed by atoms with Crippen molar-refractivity contribution in [2.45, 2.75) is 6.42 Å². The number of hydrogen-bond donors (Lipinski definition) is 1. The van der Waals surface area contributed by atoms with Crippen LogP contribution < -0.4 is 10.1 Å². The van der Waals surface area contributed by atoms with Crippen molar-refractivity contribution in [2.24, 2.45) is 0 Å². The van der Waals surface area contributed by atoms with Crippen LogP contribution in [0.25, 0.3) is 0 Å². The minimum atomic E-state index is -0.629. The molecule has 20 heavy (non-hydrogen) atoms. The molecule has 0 saturated heterocycles. The molecule has 1 N–H and O–H groups in total. The van der Waals surface area contributed by atoms with Crippen molar-refractivity contribution in [3.63, 3.8) is 0 Å². The average molecular weight is 292 g/mol. The first-order chi connectivity index (χ1) is 9.67. The molecule has 0 aliphatic heterocycles. The van der Waals surface area contributed by atoms with Crippen LogP contribution in [0.1, 0.15) is 5.69 Å². The highest BCUT2D eigenvalue weighted by Gasteiger charge is 2.10. The number of para-hydroxylation sites is 1. The highest BCUT2D eigenvalue weighted by atomic mass is 32.1. The van der Waals surface area contributed by atoms with Crippen LogP contribution >= 0.6 is 11.3 Å². The summed E-state index contributed by atoms with van der Waals surface area (Å²) in [6.45, 7) is 0. The number of nitrogens with zero attached hydrogens (tertiary/aromatic N) is 1. The molecule has 0 aliphatic rings. The van der Waals surface area contributed by atoms with Gasteiger partial charge < -0.3 is 9.47 Å². The Morgan fingerprint density at radius 1 is 1.30 bits per heavy atom. The first-order valence-corrected chi connectivity index (χ1v) is 6.60. The number of thiazole rings is 1. The smallest absolute Gasteiger partial charge is 0.418 e. The molecule has 0 saturated carbocycles. The molecule has 1 amide bonds. The molecule has 0 radical (unpaired) electrons. The van der Waals surface area contributed by atoms with E-state index in [0.29, 0.717) is 16.6 Å². The fourth-order valence-corrected chi connectivity index (χ4v) is 2.07. The Morgan fingerprint density at radius 2 is 2.05 bits per heavy atom. The Morgan fingerprint density at radius 3 is 2.75 bits per heavy atom. The number of hydrogen-bond acceptors (Lipinski definition) is 6. The summed E-state index contributed by atoms with van der Waals surface area (Å²) in [5.74, 6) is 0.0602. The molecule has 0 aliphatic carbocycles. The van der Waals surface area contributed by atoms with Gasteiger partial charge in [0.25, 0.3) is 0 Å². The molecule has 2 aromatic rings. The van der Waals surface area contributed by atoms with E-state index in [2.05, 4.69) is 15.0 Å². The summed E-state index contributed by atoms with van der Waals surface area (Å²) in [5, 5.41) is 4.54. The molecule has 0 fully saturated rings. The number of methoxy groups -OCH3 is 1. The molecule has 104 valence electrons. The molecule has 1 aromatic heterocycles. The lowest BCUT2D eigenvalue weighted by molar-refractivity contribution is -0.139. The highest BCUT2D eigenvalue weighted by molar-refractivity contribution is 7.13. The summed E-state index contributed by atoms with van der Waals surface area (Å²) in [4.78, 5) is 26.8. The summed E-state index contributed by atoms with van der Waals surface area (Å²) in [7, 11) is 1.31. The van der Waals surface area contributed by atoms with Gasteiger partial charge in [-0.2, -0.15) is 0 Å². The van der Waals surface area contributed by atoms with Crippen molar-refractivity contribution in [3.8, 4) is 5.75 Å². The van der Waals surface area contributed by atoms with Crippen LogP contribution in [-0.4, -0.2) is 24.2 Å². The molecule has 0 spiro atoms. The van der Waals surface area contributed by atoms with E-state index in [1.54, 1.807) is 29.6 Å². The molecule has 0 unspecified atom stereocenters. The van der Waals surface area contributed by atoms with Gasteiger partial charge in [-0.05, 0) is 12.1 Å². The summed E-state index contributed by atoms with van der Waals surface area (Å²) < 4.78 is 9.59. The van der Waals surface area contributed by atoms with Gasteiger partial charge in [0.1, 0.15) is 5.75 Å². The maximum Gasteiger partial charge on any atom is 0.418 e. The van der Waals surface area contributed by atoms with E-state index < -0.39 is 6.09 Å². The van der Waals surface area contributed by atoms with Crippen molar-refractivity contribution in [2.75, 3.05) is 12.4 Å². The van der Waals surface area contributed by atoms with Gasteiger partial charge in [0.05, 0.1) is 19.2 Å². The first-order valence-electron chi connectivity index (χ1n) is 5.72. The zero-order valence-corrected chi connectivity index (χ0v) is 11.5. The van der Waals surface area contributed by atoms with Crippen molar-refractivity contribution in [1.82, 2.24) is 4.98 Å². The lowest BCUT2D eigenvalue weighted by Crippen LogP contribution is -2.16. The van der Waals surface area contributed by atoms with Crippen molar-refractivity contribution in [1.29, 1.82) is 0 Å². The van der Waals surface area contributed by atoms with E-state index >= 15 is 0 Å². The molecule has 0 atom stereocenters. The summed E-state index contributed by atoms with van der Waals surface area (Å²) >= 11 is 1.21. The van der Waals surface area contributed by atoms with Gasteiger partial charge in [-0.25, -0.2) is 9.78 Å². The molecule has 6 nitrogen and oxygen atoms in total. The van der Waals surface area contributed by atoms with Gasteiger partial charge in [0, 0.05) is 5.38 Å². The van der Waals surface area contributed by atoms with Gasteiger partial charge >= 0.3 is 12.1 Å². The number of esters is 1. The Labute approximate surface area is 119 Å². The van der Waals surface area contributed by atoms with Gasteiger partial charge in [-0.15, -0.1) is 11.3 Å². The van der Waals surface area contributed by atoms with E-state index in [0.717, 1.165) is 0 Å². The lowest BCUT2D eigenvalue weighted by atomic mass is 10.3. The zero-order chi connectivity index (χ0) is 14.4. The molecule has 1 heterocycles. The van der Waals surface area contributed by atoms with Gasteiger partial charge in [0.2, 0.25) is 0 Å². The number of nitrogens with one attached hydrogen (secondary N) is 1. The topological polar surface area (TPSA) is 77.5 Å². The Kier molecular flexibility index (Phi) is 4.67. The first kappa shape index (κ1) is 14.0. The van der Waals surface area contributed by atoms with E-state index in [4.69, 9.17) is 4.74 Å². The van der Waals surface area contributed by atoms with Crippen LogP contribution in [0, 0.1) is 0 Å². The Hall–Kier alpha value is -2.41. The van der Waals surface area contributed by atoms with Crippen molar-refractivity contribution >= 4 is 28.5 Å². The third-order valence-corrected chi connectivity index (χ3v) is 3.07. The third kappa shape index (κ3) is 4.06. The fourth-order valence-electron chi connectivity index (χ4n) is 1.37. The van der Waals surface area contributed by atoms with Gasteiger partial charge in [-0.1, -0.05) is 18.2 Å². The SMILES string of the molecule is COC(=O)Cc1csc(NC(=O)Oc2ccccc2)n1. The summed E-state index contributed by atoms with van der Waals surface area (Å²) in [6.07, 6.45) is -0.558. The predicted octanol–water partition coefficient (Wildman–Crippen LogP) is 2.47. The highest BCUT2D eigenvalue weighted by Crippen LogP contribution is 2.17. The lowest BCUT2D eigenvalue weighted by Gasteiger charge is -2.03. The van der Waals surface area contributed by atoms with Crippen LogP contribution in [0.4, 0.5) is 9.93 Å². The van der Waals surface area contributed by atoms with Gasteiger partial charge in [0.15, 0.2) is 5.13 Å². The molecular weight excluding hydrogens is 280 g/mol. The zero-order valence-electron chi connectivity index (χ0n) is 10.7. The number of rotatable bonds is 4. The van der Waals surface area contributed by atoms with Crippen LogP contribution in [0.5, 0.6) is 5.75 Å². The van der Waals surface area contributed by atoms with E-state index in [-0.39, 0.29) is 12.4 Å². The molecule has 1 aromatic carbocycles. The monoisotopic (exact) mass is 292 g/mol.